The molecule has 0 unspecified atom stereocenters. The van der Waals surface area contributed by atoms with Crippen molar-refractivity contribution in [3.63, 3.8) is 0 Å². The molecule has 0 saturated heterocycles. The van der Waals surface area contributed by atoms with Crippen LogP contribution in [0.1, 0.15) is 36.8 Å². The van der Waals surface area contributed by atoms with Gasteiger partial charge in [0.2, 0.25) is 0 Å². The quantitative estimate of drug-likeness (QED) is 0.323. The van der Waals surface area contributed by atoms with Crippen LogP contribution in [-0.2, 0) is 12.8 Å². The Labute approximate surface area is 154 Å². The first kappa shape index (κ1) is 18.7. The molecule has 2 aromatic rings. The van der Waals surface area contributed by atoms with Crippen LogP contribution in [0, 0.1) is 0 Å². The summed E-state index contributed by atoms with van der Waals surface area (Å²) in [5.74, 6) is 1.52. The summed E-state index contributed by atoms with van der Waals surface area (Å²) in [4.78, 5) is 2.59. The maximum atomic E-state index is 5.72. The van der Waals surface area contributed by atoms with Crippen LogP contribution in [0.4, 0.5) is 0 Å². The van der Waals surface area contributed by atoms with E-state index in [1.165, 1.54) is 33.8 Å². The van der Waals surface area contributed by atoms with Crippen molar-refractivity contribution in [3.05, 3.63) is 59.7 Å². The fraction of sp³-hybridized carbons (Fsp3) is 0.400. The SMILES string of the molecule is ClCCCCc1ccc(Sc2ccc(CCCCCl)cc2)cc1. The second kappa shape index (κ2) is 11.0. The molecule has 124 valence electrons. The molecule has 0 amide bonds. The number of alkyl halides is 2. The standard InChI is InChI=1S/C20H24Cl2S/c21-15-3-1-5-17-7-11-19(12-8-17)23-20-13-9-18(10-14-20)6-2-4-16-22/h7-14H,1-6,15-16H2. The van der Waals surface area contributed by atoms with E-state index in [1.54, 1.807) is 0 Å². The van der Waals surface area contributed by atoms with Crippen molar-refractivity contribution >= 4 is 35.0 Å². The van der Waals surface area contributed by atoms with E-state index in [0.717, 1.165) is 37.4 Å². The zero-order valence-electron chi connectivity index (χ0n) is 13.4. The van der Waals surface area contributed by atoms with Gasteiger partial charge in [-0.05, 0) is 73.9 Å². The maximum Gasteiger partial charge on any atom is 0.0223 e. The third-order valence-corrected chi connectivity index (χ3v) is 5.33. The Bertz CT molecular complexity index is 497. The normalized spacial score (nSPS) is 10.9. The van der Waals surface area contributed by atoms with Gasteiger partial charge in [-0.3, -0.25) is 0 Å². The Morgan fingerprint density at radius 2 is 0.957 bits per heavy atom. The molecule has 0 bridgehead atoms. The van der Waals surface area contributed by atoms with E-state index in [4.69, 9.17) is 23.2 Å². The van der Waals surface area contributed by atoms with Gasteiger partial charge in [-0.1, -0.05) is 36.0 Å². The van der Waals surface area contributed by atoms with Crippen molar-refractivity contribution in [2.45, 2.75) is 48.3 Å². The molecule has 3 heteroatoms. The third kappa shape index (κ3) is 7.20. The minimum Gasteiger partial charge on any atom is -0.127 e. The largest absolute Gasteiger partial charge is 0.127 e. The minimum absolute atomic E-state index is 0.760. The summed E-state index contributed by atoms with van der Waals surface area (Å²) in [5.41, 5.74) is 2.79. The molecule has 0 spiro atoms. The monoisotopic (exact) mass is 366 g/mol. The van der Waals surface area contributed by atoms with Gasteiger partial charge in [0.05, 0.1) is 0 Å². The number of hydrogen-bond donors (Lipinski definition) is 0. The Morgan fingerprint density at radius 1 is 0.565 bits per heavy atom. The van der Waals surface area contributed by atoms with Crippen molar-refractivity contribution in [1.29, 1.82) is 0 Å². The highest BCUT2D eigenvalue weighted by Gasteiger charge is 2.00. The number of hydrogen-bond acceptors (Lipinski definition) is 1. The Morgan fingerprint density at radius 3 is 1.30 bits per heavy atom. The van der Waals surface area contributed by atoms with Gasteiger partial charge in [-0.25, -0.2) is 0 Å². The molecule has 0 nitrogen and oxygen atoms in total. The summed E-state index contributed by atoms with van der Waals surface area (Å²) < 4.78 is 0. The second-order valence-electron chi connectivity index (χ2n) is 5.68. The van der Waals surface area contributed by atoms with Gasteiger partial charge in [0.1, 0.15) is 0 Å². The molecule has 0 fully saturated rings. The van der Waals surface area contributed by atoms with Crippen LogP contribution in [0.3, 0.4) is 0 Å². The molecule has 2 rings (SSSR count). The van der Waals surface area contributed by atoms with Crippen LogP contribution in [0.25, 0.3) is 0 Å². The number of halogens is 2. The van der Waals surface area contributed by atoms with Gasteiger partial charge in [0.15, 0.2) is 0 Å². The smallest absolute Gasteiger partial charge is 0.0223 e. The van der Waals surface area contributed by atoms with E-state index < -0.39 is 0 Å². The highest BCUT2D eigenvalue weighted by Crippen LogP contribution is 2.28. The number of aryl methyl sites for hydroxylation is 2. The molecule has 23 heavy (non-hydrogen) atoms. The summed E-state index contributed by atoms with van der Waals surface area (Å²) in [6.07, 6.45) is 6.76. The van der Waals surface area contributed by atoms with Gasteiger partial charge < -0.3 is 0 Å². The van der Waals surface area contributed by atoms with Gasteiger partial charge in [-0.15, -0.1) is 23.2 Å². The molecule has 0 aliphatic heterocycles. The lowest BCUT2D eigenvalue weighted by molar-refractivity contribution is 0.799. The first-order valence-electron chi connectivity index (χ1n) is 8.29. The third-order valence-electron chi connectivity index (χ3n) is 3.78. The zero-order chi connectivity index (χ0) is 16.3. The minimum atomic E-state index is 0.760. The summed E-state index contributed by atoms with van der Waals surface area (Å²) >= 11 is 13.3. The number of rotatable bonds is 10. The Hall–Kier alpha value is -0.630. The van der Waals surface area contributed by atoms with Crippen LogP contribution in [0.5, 0.6) is 0 Å². The predicted molar refractivity (Wildman–Crippen MR) is 104 cm³/mol. The average Bonchev–Trinajstić information content (AvgIpc) is 2.58. The molecule has 0 radical (unpaired) electrons. The van der Waals surface area contributed by atoms with Gasteiger partial charge >= 0.3 is 0 Å². The summed E-state index contributed by atoms with van der Waals surface area (Å²) in [6.45, 7) is 0. The summed E-state index contributed by atoms with van der Waals surface area (Å²) in [5, 5.41) is 0. The van der Waals surface area contributed by atoms with E-state index in [9.17, 15) is 0 Å². The van der Waals surface area contributed by atoms with E-state index in [-0.39, 0.29) is 0 Å². The second-order valence-corrected chi connectivity index (χ2v) is 7.59. The van der Waals surface area contributed by atoms with Crippen LogP contribution in [-0.4, -0.2) is 11.8 Å². The fourth-order valence-corrected chi connectivity index (χ4v) is 3.63. The highest BCUT2D eigenvalue weighted by molar-refractivity contribution is 7.99. The van der Waals surface area contributed by atoms with Crippen LogP contribution >= 0.6 is 35.0 Å². The predicted octanol–water partition coefficient (Wildman–Crippen LogP) is 6.96. The van der Waals surface area contributed by atoms with Crippen molar-refractivity contribution in [2.24, 2.45) is 0 Å². The van der Waals surface area contributed by atoms with E-state index >= 15 is 0 Å². The molecule has 0 aliphatic rings. The van der Waals surface area contributed by atoms with Crippen molar-refractivity contribution in [2.75, 3.05) is 11.8 Å². The fourth-order valence-electron chi connectivity index (χ4n) is 2.43. The van der Waals surface area contributed by atoms with Crippen LogP contribution in [0.2, 0.25) is 0 Å². The molecule has 0 N–H and O–H groups in total. The number of benzene rings is 2. The molecular weight excluding hydrogens is 343 g/mol. The summed E-state index contributed by atoms with van der Waals surface area (Å²) in [6, 6.07) is 17.8. The Balaban J connectivity index is 1.84. The molecule has 0 saturated carbocycles. The zero-order valence-corrected chi connectivity index (χ0v) is 15.8. The lowest BCUT2D eigenvalue weighted by atomic mass is 10.1. The van der Waals surface area contributed by atoms with Gasteiger partial charge in [0.25, 0.3) is 0 Å². The topological polar surface area (TPSA) is 0 Å². The summed E-state index contributed by atoms with van der Waals surface area (Å²) in [7, 11) is 0. The van der Waals surface area contributed by atoms with E-state index in [1.807, 2.05) is 11.8 Å². The van der Waals surface area contributed by atoms with E-state index in [0.29, 0.717) is 0 Å². The lowest BCUT2D eigenvalue weighted by Gasteiger charge is -2.06. The first-order valence-corrected chi connectivity index (χ1v) is 10.2. The van der Waals surface area contributed by atoms with Crippen molar-refractivity contribution < 1.29 is 0 Å². The molecule has 2 aromatic carbocycles. The number of unbranched alkanes of at least 4 members (excludes halogenated alkanes) is 2. The van der Waals surface area contributed by atoms with Gasteiger partial charge in [0, 0.05) is 21.6 Å². The van der Waals surface area contributed by atoms with Crippen LogP contribution in [0.15, 0.2) is 58.3 Å². The maximum absolute atomic E-state index is 5.72. The van der Waals surface area contributed by atoms with Crippen molar-refractivity contribution in [1.82, 2.24) is 0 Å². The van der Waals surface area contributed by atoms with E-state index in [2.05, 4.69) is 48.5 Å². The first-order chi connectivity index (χ1) is 11.3. The van der Waals surface area contributed by atoms with Crippen molar-refractivity contribution in [3.8, 4) is 0 Å². The molecule has 0 atom stereocenters. The molecule has 0 heterocycles. The molecule has 0 aliphatic carbocycles. The average molecular weight is 367 g/mol. The Kier molecular flexibility index (Phi) is 8.96. The highest BCUT2D eigenvalue weighted by atomic mass is 35.5. The molecular formula is C20H24Cl2S. The molecule has 0 aromatic heterocycles. The van der Waals surface area contributed by atoms with Gasteiger partial charge in [-0.2, -0.15) is 0 Å². The lowest BCUT2D eigenvalue weighted by Crippen LogP contribution is -1.87. The van der Waals surface area contributed by atoms with Crippen LogP contribution < -0.4 is 0 Å².